The van der Waals surface area contributed by atoms with Crippen LogP contribution in [0.5, 0.6) is 0 Å². The van der Waals surface area contributed by atoms with Crippen molar-refractivity contribution in [2.45, 2.75) is 33.1 Å². The van der Waals surface area contributed by atoms with Gasteiger partial charge in [0, 0.05) is 5.41 Å². The maximum absolute atomic E-state index is 8.67. The Hall–Kier alpha value is -0.770. The molecule has 0 aliphatic carbocycles. The highest BCUT2D eigenvalue weighted by molar-refractivity contribution is 5.85. The van der Waals surface area contributed by atoms with Gasteiger partial charge in [0.05, 0.1) is 0 Å². The molecule has 4 nitrogen and oxygen atoms in total. The number of nitrogens with zero attached hydrogens (tertiary/aromatic N) is 2. The highest BCUT2D eigenvalue weighted by atomic mass is 16.4. The van der Waals surface area contributed by atoms with Gasteiger partial charge in [0.2, 0.25) is 0 Å². The average molecular weight is 199 g/mol. The molecule has 82 valence electrons. The van der Waals surface area contributed by atoms with Gasteiger partial charge in [-0.1, -0.05) is 19.0 Å². The first kappa shape index (κ1) is 11.3. The van der Waals surface area contributed by atoms with Crippen LogP contribution in [-0.2, 0) is 0 Å². The van der Waals surface area contributed by atoms with Crippen molar-refractivity contribution < 1.29 is 5.21 Å². The molecule has 3 N–H and O–H groups in total. The first-order chi connectivity index (χ1) is 6.62. The number of piperidine rings is 1. The minimum absolute atomic E-state index is 0.0982. The van der Waals surface area contributed by atoms with Crippen molar-refractivity contribution in [3.8, 4) is 0 Å². The molecule has 0 spiro atoms. The smallest absolute Gasteiger partial charge is 0.145 e. The predicted octanol–water partition coefficient (Wildman–Crippen LogP) is 1.24. The van der Waals surface area contributed by atoms with E-state index in [4.69, 9.17) is 10.9 Å². The van der Waals surface area contributed by atoms with E-state index in [1.54, 1.807) is 0 Å². The van der Waals surface area contributed by atoms with Crippen LogP contribution in [0.1, 0.15) is 33.1 Å². The van der Waals surface area contributed by atoms with E-state index < -0.39 is 0 Å². The van der Waals surface area contributed by atoms with Crippen LogP contribution in [0.2, 0.25) is 0 Å². The molecule has 0 aromatic carbocycles. The zero-order valence-electron chi connectivity index (χ0n) is 9.16. The molecule has 0 amide bonds. The number of nitrogens with two attached hydrogens (primary N) is 1. The van der Waals surface area contributed by atoms with E-state index in [-0.39, 0.29) is 5.41 Å². The van der Waals surface area contributed by atoms with E-state index in [0.717, 1.165) is 32.5 Å². The summed E-state index contributed by atoms with van der Waals surface area (Å²) in [6.45, 7) is 7.54. The highest BCUT2D eigenvalue weighted by Crippen LogP contribution is 2.30. The third-order valence-electron chi connectivity index (χ3n) is 3.23. The molecule has 1 rings (SSSR count). The van der Waals surface area contributed by atoms with Gasteiger partial charge in [-0.25, -0.2) is 0 Å². The third-order valence-corrected chi connectivity index (χ3v) is 3.23. The summed E-state index contributed by atoms with van der Waals surface area (Å²) in [5.74, 6) is 0.383. The van der Waals surface area contributed by atoms with Crippen molar-refractivity contribution in [3.63, 3.8) is 0 Å². The molecule has 1 saturated heterocycles. The summed E-state index contributed by atoms with van der Waals surface area (Å²) in [7, 11) is 0. The molecule has 4 heteroatoms. The fourth-order valence-electron chi connectivity index (χ4n) is 1.96. The van der Waals surface area contributed by atoms with Gasteiger partial charge in [0.1, 0.15) is 5.84 Å². The van der Waals surface area contributed by atoms with E-state index in [2.05, 4.69) is 23.9 Å². The first-order valence-corrected chi connectivity index (χ1v) is 5.33. The minimum atomic E-state index is -0.0982. The van der Waals surface area contributed by atoms with Crippen molar-refractivity contribution >= 4 is 5.84 Å². The second-order valence-electron chi connectivity index (χ2n) is 4.39. The number of oxime groups is 1. The monoisotopic (exact) mass is 199 g/mol. The number of rotatable bonds is 3. The van der Waals surface area contributed by atoms with Crippen molar-refractivity contribution in [1.29, 1.82) is 0 Å². The van der Waals surface area contributed by atoms with Crippen LogP contribution in [0.3, 0.4) is 0 Å². The molecular weight excluding hydrogens is 178 g/mol. The van der Waals surface area contributed by atoms with Crippen LogP contribution >= 0.6 is 0 Å². The quantitative estimate of drug-likeness (QED) is 0.311. The minimum Gasteiger partial charge on any atom is -0.409 e. The van der Waals surface area contributed by atoms with Crippen molar-refractivity contribution in [3.05, 3.63) is 0 Å². The summed E-state index contributed by atoms with van der Waals surface area (Å²) in [4.78, 5) is 2.44. The summed E-state index contributed by atoms with van der Waals surface area (Å²) >= 11 is 0. The highest BCUT2D eigenvalue weighted by Gasteiger charge is 2.33. The second kappa shape index (κ2) is 4.64. The van der Waals surface area contributed by atoms with Gasteiger partial charge in [0.15, 0.2) is 0 Å². The summed E-state index contributed by atoms with van der Waals surface area (Å²) in [6, 6.07) is 0. The van der Waals surface area contributed by atoms with E-state index >= 15 is 0 Å². The fraction of sp³-hybridized carbons (Fsp3) is 0.900. The Bertz CT molecular complexity index is 207. The zero-order chi connectivity index (χ0) is 10.6. The third kappa shape index (κ3) is 2.38. The van der Waals surface area contributed by atoms with Gasteiger partial charge in [0.25, 0.3) is 0 Å². The molecule has 0 aromatic heterocycles. The van der Waals surface area contributed by atoms with Gasteiger partial charge in [-0.3, -0.25) is 0 Å². The molecule has 0 atom stereocenters. The Labute approximate surface area is 85.8 Å². The van der Waals surface area contributed by atoms with Gasteiger partial charge in [-0.05, 0) is 38.9 Å². The molecule has 0 bridgehead atoms. The van der Waals surface area contributed by atoms with E-state index in [0.29, 0.717) is 5.84 Å². The van der Waals surface area contributed by atoms with E-state index in [1.807, 2.05) is 0 Å². The number of hydrogen-bond acceptors (Lipinski definition) is 3. The number of hydrogen-bond donors (Lipinski definition) is 2. The second-order valence-corrected chi connectivity index (χ2v) is 4.39. The lowest BCUT2D eigenvalue weighted by atomic mass is 9.79. The molecule has 0 radical (unpaired) electrons. The van der Waals surface area contributed by atoms with Crippen molar-refractivity contribution in [2.24, 2.45) is 16.3 Å². The van der Waals surface area contributed by atoms with Crippen LogP contribution in [0.15, 0.2) is 5.16 Å². The lowest BCUT2D eigenvalue weighted by Crippen LogP contribution is -2.45. The number of likely N-dealkylation sites (tertiary alicyclic amines) is 1. The predicted molar refractivity (Wildman–Crippen MR) is 57.5 cm³/mol. The van der Waals surface area contributed by atoms with Crippen molar-refractivity contribution in [2.75, 3.05) is 19.6 Å². The number of amidine groups is 1. The molecule has 1 aliphatic rings. The van der Waals surface area contributed by atoms with Crippen LogP contribution in [-0.4, -0.2) is 35.6 Å². The summed E-state index contributed by atoms with van der Waals surface area (Å²) in [5, 5.41) is 11.8. The van der Waals surface area contributed by atoms with Crippen LogP contribution in [0.25, 0.3) is 0 Å². The zero-order valence-corrected chi connectivity index (χ0v) is 9.16. The maximum atomic E-state index is 8.67. The molecule has 0 aromatic rings. The Kier molecular flexibility index (Phi) is 3.75. The lowest BCUT2D eigenvalue weighted by molar-refractivity contribution is 0.159. The van der Waals surface area contributed by atoms with Gasteiger partial charge < -0.3 is 15.8 Å². The van der Waals surface area contributed by atoms with Gasteiger partial charge in [-0.15, -0.1) is 0 Å². The summed E-state index contributed by atoms with van der Waals surface area (Å²) < 4.78 is 0. The van der Waals surface area contributed by atoms with Gasteiger partial charge in [-0.2, -0.15) is 0 Å². The molecule has 0 saturated carbocycles. The standard InChI is InChI=1S/C10H21N3O/c1-3-6-13-7-4-10(2,5-8-13)9(11)12-14/h14H,3-8H2,1-2H3,(H2,11,12). The Morgan fingerprint density at radius 1 is 1.50 bits per heavy atom. The average Bonchev–Trinajstić information content (AvgIpc) is 2.21. The first-order valence-electron chi connectivity index (χ1n) is 5.33. The maximum Gasteiger partial charge on any atom is 0.145 e. The molecule has 1 aliphatic heterocycles. The normalized spacial score (nSPS) is 23.7. The molecule has 14 heavy (non-hydrogen) atoms. The largest absolute Gasteiger partial charge is 0.409 e. The molecule has 1 heterocycles. The van der Waals surface area contributed by atoms with Crippen LogP contribution in [0, 0.1) is 5.41 Å². The molecule has 0 unspecified atom stereocenters. The Morgan fingerprint density at radius 3 is 2.50 bits per heavy atom. The summed E-state index contributed by atoms with van der Waals surface area (Å²) in [5.41, 5.74) is 5.58. The van der Waals surface area contributed by atoms with Crippen LogP contribution < -0.4 is 5.73 Å². The summed E-state index contributed by atoms with van der Waals surface area (Å²) in [6.07, 6.45) is 3.17. The van der Waals surface area contributed by atoms with Gasteiger partial charge >= 0.3 is 0 Å². The molecular formula is C10H21N3O. The topological polar surface area (TPSA) is 61.8 Å². The Morgan fingerprint density at radius 2 is 2.07 bits per heavy atom. The Balaban J connectivity index is 2.49. The van der Waals surface area contributed by atoms with Crippen LogP contribution in [0.4, 0.5) is 0 Å². The molecule has 1 fully saturated rings. The van der Waals surface area contributed by atoms with Crippen molar-refractivity contribution in [1.82, 2.24) is 4.90 Å². The van der Waals surface area contributed by atoms with E-state index in [9.17, 15) is 0 Å². The fourth-order valence-corrected chi connectivity index (χ4v) is 1.96. The lowest BCUT2D eigenvalue weighted by Gasteiger charge is -2.38. The SMILES string of the molecule is CCCN1CCC(C)(C(N)=NO)CC1. The van der Waals surface area contributed by atoms with E-state index in [1.165, 1.54) is 6.42 Å².